The van der Waals surface area contributed by atoms with Crippen molar-refractivity contribution in [1.82, 2.24) is 5.32 Å². The largest absolute Gasteiger partial charge is 0.508 e. The average molecular weight is 380 g/mol. The molecule has 0 unspecified atom stereocenters. The predicted molar refractivity (Wildman–Crippen MR) is 108 cm³/mol. The van der Waals surface area contributed by atoms with Crippen LogP contribution in [0.15, 0.2) is 12.1 Å². The first kappa shape index (κ1) is 22.2. The maximum Gasteiger partial charge on any atom is 0.121 e. The molecule has 0 aliphatic heterocycles. The summed E-state index contributed by atoms with van der Waals surface area (Å²) < 4.78 is 5.76. The summed E-state index contributed by atoms with van der Waals surface area (Å²) in [7, 11) is 0. The normalized spacial score (nSPS) is 14.9. The Bertz CT molecular complexity index is 529. The molecule has 0 radical (unpaired) electrons. The minimum absolute atomic E-state index is 0.0828. The maximum atomic E-state index is 9.85. The molecule has 5 nitrogen and oxygen atoms in total. The molecule has 0 atom stereocenters. The zero-order valence-electron chi connectivity index (χ0n) is 16.6. The smallest absolute Gasteiger partial charge is 0.121 e. The van der Waals surface area contributed by atoms with Crippen LogP contribution in [0, 0.1) is 5.92 Å². The first-order valence-corrected chi connectivity index (χ1v) is 10.6. The number of aliphatic hydroxyl groups is 2. The van der Waals surface area contributed by atoms with Crippen molar-refractivity contribution < 1.29 is 20.1 Å². The molecule has 0 amide bonds. The zero-order valence-corrected chi connectivity index (χ0v) is 16.6. The maximum absolute atomic E-state index is 9.85. The van der Waals surface area contributed by atoms with Gasteiger partial charge < -0.3 is 25.4 Å². The Morgan fingerprint density at radius 1 is 0.926 bits per heavy atom. The van der Waals surface area contributed by atoms with Crippen LogP contribution in [0.4, 0.5) is 0 Å². The van der Waals surface area contributed by atoms with Crippen molar-refractivity contribution in [2.75, 3.05) is 19.8 Å². The van der Waals surface area contributed by atoms with Gasteiger partial charge in [0.25, 0.3) is 0 Å². The first-order valence-electron chi connectivity index (χ1n) is 10.6. The van der Waals surface area contributed by atoms with Crippen LogP contribution in [-0.4, -0.2) is 35.1 Å². The Labute approximate surface area is 163 Å². The van der Waals surface area contributed by atoms with Crippen molar-refractivity contribution in [2.45, 2.75) is 77.5 Å². The third-order valence-electron chi connectivity index (χ3n) is 5.67. The molecule has 0 heterocycles. The summed E-state index contributed by atoms with van der Waals surface area (Å²) in [4.78, 5) is 0. The molecule has 154 valence electrons. The molecule has 1 aliphatic rings. The number of aromatic hydroxyl groups is 1. The second-order valence-electron chi connectivity index (χ2n) is 7.66. The number of unbranched alkanes of at least 4 members (excludes halogenated alkanes) is 3. The van der Waals surface area contributed by atoms with Crippen LogP contribution >= 0.6 is 0 Å². The topological polar surface area (TPSA) is 82.0 Å². The van der Waals surface area contributed by atoms with Gasteiger partial charge in [-0.05, 0) is 48.9 Å². The van der Waals surface area contributed by atoms with Gasteiger partial charge in [0, 0.05) is 25.3 Å². The summed E-state index contributed by atoms with van der Waals surface area (Å²) in [6, 6.07) is 3.23. The molecule has 27 heavy (non-hydrogen) atoms. The molecule has 1 aromatic rings. The van der Waals surface area contributed by atoms with Gasteiger partial charge in [-0.1, -0.05) is 44.6 Å². The van der Waals surface area contributed by atoms with Gasteiger partial charge >= 0.3 is 0 Å². The van der Waals surface area contributed by atoms with Crippen LogP contribution in [0.5, 0.6) is 5.75 Å². The van der Waals surface area contributed by atoms with Gasteiger partial charge in [-0.15, -0.1) is 0 Å². The highest BCUT2D eigenvalue weighted by molar-refractivity contribution is 5.43. The van der Waals surface area contributed by atoms with E-state index in [4.69, 9.17) is 4.74 Å². The number of aliphatic hydroxyl groups excluding tert-OH is 2. The Hall–Kier alpha value is -1.14. The molecule has 0 aromatic heterocycles. The van der Waals surface area contributed by atoms with E-state index in [1.54, 1.807) is 6.07 Å². The van der Waals surface area contributed by atoms with Crippen LogP contribution in [0.25, 0.3) is 0 Å². The number of benzene rings is 1. The lowest BCUT2D eigenvalue weighted by atomic mass is 10.0. The van der Waals surface area contributed by atoms with E-state index in [0.717, 1.165) is 49.6 Å². The van der Waals surface area contributed by atoms with Gasteiger partial charge in [0.05, 0.1) is 13.2 Å². The van der Waals surface area contributed by atoms with Crippen LogP contribution < -0.4 is 5.32 Å². The summed E-state index contributed by atoms with van der Waals surface area (Å²) in [5.41, 5.74) is 2.05. The van der Waals surface area contributed by atoms with E-state index in [0.29, 0.717) is 12.1 Å². The number of rotatable bonds is 14. The Morgan fingerprint density at radius 2 is 1.70 bits per heavy atom. The van der Waals surface area contributed by atoms with Crippen LogP contribution in [0.3, 0.4) is 0 Å². The minimum atomic E-state index is -0.225. The number of ether oxygens (including phenoxy) is 1. The number of nitrogens with one attached hydrogen (secondary N) is 1. The van der Waals surface area contributed by atoms with Crippen LogP contribution in [-0.2, 0) is 24.5 Å². The van der Waals surface area contributed by atoms with E-state index in [9.17, 15) is 15.3 Å². The predicted octanol–water partition coefficient (Wildman–Crippen LogP) is 3.62. The molecule has 0 spiro atoms. The third kappa shape index (κ3) is 7.78. The molecular weight excluding hydrogens is 342 g/mol. The lowest BCUT2D eigenvalue weighted by molar-refractivity contribution is 0.116. The second-order valence-corrected chi connectivity index (χ2v) is 7.66. The molecular formula is C22H37NO4. The van der Waals surface area contributed by atoms with Crippen molar-refractivity contribution in [3.05, 3.63) is 28.8 Å². The summed E-state index contributed by atoms with van der Waals surface area (Å²) in [6.07, 6.45) is 11.4. The molecule has 1 saturated carbocycles. The SMILES string of the molecule is OCc1ccc(O)c(CO)c1CNCCCCCCOCCC1CCCC1. The fourth-order valence-electron chi connectivity index (χ4n) is 3.95. The van der Waals surface area contributed by atoms with Crippen LogP contribution in [0.2, 0.25) is 0 Å². The molecule has 5 heteroatoms. The van der Waals surface area contributed by atoms with E-state index in [1.807, 2.05) is 0 Å². The second kappa shape index (κ2) is 13.1. The van der Waals surface area contributed by atoms with Gasteiger partial charge in [-0.25, -0.2) is 0 Å². The lowest BCUT2D eigenvalue weighted by Crippen LogP contribution is -2.17. The summed E-state index contributed by atoms with van der Waals surface area (Å²) in [6.45, 7) is 2.92. The summed E-state index contributed by atoms with van der Waals surface area (Å²) in [5.74, 6) is 1.000. The molecule has 1 fully saturated rings. The number of phenols is 1. The van der Waals surface area contributed by atoms with Crippen molar-refractivity contribution in [1.29, 1.82) is 0 Å². The fourth-order valence-corrected chi connectivity index (χ4v) is 3.95. The first-order chi connectivity index (χ1) is 13.3. The average Bonchev–Trinajstić information content (AvgIpc) is 3.19. The lowest BCUT2D eigenvalue weighted by Gasteiger charge is -2.14. The highest BCUT2D eigenvalue weighted by Crippen LogP contribution is 2.27. The molecule has 1 aliphatic carbocycles. The van der Waals surface area contributed by atoms with Crippen molar-refractivity contribution in [3.63, 3.8) is 0 Å². The molecule has 2 rings (SSSR count). The van der Waals surface area contributed by atoms with Gasteiger partial charge in [-0.2, -0.15) is 0 Å². The summed E-state index contributed by atoms with van der Waals surface area (Å²) >= 11 is 0. The molecule has 0 bridgehead atoms. The minimum Gasteiger partial charge on any atom is -0.508 e. The highest BCUT2D eigenvalue weighted by Gasteiger charge is 2.14. The van der Waals surface area contributed by atoms with Gasteiger partial charge in [0.2, 0.25) is 0 Å². The Morgan fingerprint density at radius 3 is 2.44 bits per heavy atom. The van der Waals surface area contributed by atoms with Crippen molar-refractivity contribution >= 4 is 0 Å². The monoisotopic (exact) mass is 379 g/mol. The number of hydrogen-bond donors (Lipinski definition) is 4. The van der Waals surface area contributed by atoms with E-state index < -0.39 is 0 Å². The zero-order chi connectivity index (χ0) is 19.3. The molecule has 1 aromatic carbocycles. The fraction of sp³-hybridized carbons (Fsp3) is 0.727. The molecule has 0 saturated heterocycles. The molecule has 4 N–H and O–H groups in total. The Balaban J connectivity index is 1.49. The quantitative estimate of drug-likeness (QED) is 0.371. The summed E-state index contributed by atoms with van der Waals surface area (Å²) in [5, 5.41) is 32.1. The van der Waals surface area contributed by atoms with Gasteiger partial charge in [0.1, 0.15) is 5.75 Å². The highest BCUT2D eigenvalue weighted by atomic mass is 16.5. The van der Waals surface area contributed by atoms with Crippen molar-refractivity contribution in [3.8, 4) is 5.75 Å². The van der Waals surface area contributed by atoms with Crippen LogP contribution in [0.1, 0.15) is 74.5 Å². The van der Waals surface area contributed by atoms with E-state index in [1.165, 1.54) is 51.0 Å². The van der Waals surface area contributed by atoms with E-state index in [2.05, 4.69) is 5.32 Å². The Kier molecular flexibility index (Phi) is 10.8. The number of hydrogen-bond acceptors (Lipinski definition) is 5. The van der Waals surface area contributed by atoms with E-state index >= 15 is 0 Å². The standard InChI is InChI=1S/C22H37NO4/c24-16-19-9-10-22(26)21(17-25)20(19)15-23-12-5-1-2-6-13-27-14-11-18-7-3-4-8-18/h9-10,18,23-26H,1-8,11-17H2. The van der Waals surface area contributed by atoms with E-state index in [-0.39, 0.29) is 19.0 Å². The van der Waals surface area contributed by atoms with Gasteiger partial charge in [0.15, 0.2) is 0 Å². The van der Waals surface area contributed by atoms with Gasteiger partial charge in [-0.3, -0.25) is 0 Å². The third-order valence-corrected chi connectivity index (χ3v) is 5.67. The van der Waals surface area contributed by atoms with Crippen molar-refractivity contribution in [2.24, 2.45) is 5.92 Å².